The van der Waals surface area contributed by atoms with E-state index < -0.39 is 26.9 Å². The van der Waals surface area contributed by atoms with Crippen LogP contribution in [0.3, 0.4) is 0 Å². The third-order valence-electron chi connectivity index (χ3n) is 3.12. The second-order valence-corrected chi connectivity index (χ2v) is 9.17. The molecule has 12 heteroatoms. The van der Waals surface area contributed by atoms with Gasteiger partial charge in [0, 0.05) is 6.54 Å². The summed E-state index contributed by atoms with van der Waals surface area (Å²) in [7, 11) is -9.80. The van der Waals surface area contributed by atoms with Crippen molar-refractivity contribution in [1.82, 2.24) is 4.90 Å². The quantitative estimate of drug-likeness (QED) is 0.203. The number of aliphatic hydroxyl groups excluding tert-OH is 1. The van der Waals surface area contributed by atoms with Crippen LogP contribution in [0.1, 0.15) is 26.3 Å². The number of aliphatic hydroxyl groups is 1. The van der Waals surface area contributed by atoms with Gasteiger partial charge in [-0.3, -0.25) is 9.13 Å². The van der Waals surface area contributed by atoms with E-state index in [9.17, 15) is 24.0 Å². The summed E-state index contributed by atoms with van der Waals surface area (Å²) >= 11 is 0. The molecular weight excluding hydrogens is 388 g/mol. The van der Waals surface area contributed by atoms with Gasteiger partial charge >= 0.3 is 15.2 Å². The molecule has 0 aliphatic carbocycles. The normalized spacial score (nSPS) is 18.9. The minimum absolute atomic E-state index is 0.0767. The molecule has 3 N–H and O–H groups in total. The molecule has 0 aliphatic heterocycles. The van der Waals surface area contributed by atoms with Crippen molar-refractivity contribution in [2.75, 3.05) is 13.2 Å². The Morgan fingerprint density at radius 1 is 1.00 bits per heavy atom. The molecule has 0 spiro atoms. The van der Waals surface area contributed by atoms with Crippen molar-refractivity contribution in [1.29, 1.82) is 0 Å². The second-order valence-electron chi connectivity index (χ2n) is 5.23. The molecule has 0 aliphatic rings. The zero-order chi connectivity index (χ0) is 19.8. The lowest BCUT2D eigenvalue weighted by Gasteiger charge is -2.35. The molecule has 0 radical (unpaired) electrons. The highest BCUT2D eigenvalue weighted by atomic mass is 31.2. The largest absolute Gasteiger partial charge is 0.384 e. The van der Waals surface area contributed by atoms with Crippen LogP contribution >= 0.6 is 15.2 Å². The van der Waals surface area contributed by atoms with Crippen LogP contribution in [0, 0.1) is 0 Å². The van der Waals surface area contributed by atoms with Crippen LogP contribution < -0.4 is 0 Å². The van der Waals surface area contributed by atoms with E-state index in [4.69, 9.17) is 0 Å². The summed E-state index contributed by atoms with van der Waals surface area (Å²) in [6.45, 7) is 3.99. The summed E-state index contributed by atoms with van der Waals surface area (Å²) in [6, 6.07) is 8.57. The molecule has 0 aromatic heterocycles. The highest BCUT2D eigenvalue weighted by Crippen LogP contribution is 2.67. The summed E-state index contributed by atoms with van der Waals surface area (Å²) in [4.78, 5) is 30.4. The molecule has 26 heavy (non-hydrogen) atoms. The Balaban J connectivity index is 3.29. The molecule has 0 saturated carbocycles. The lowest BCUT2D eigenvalue weighted by Crippen LogP contribution is -2.41. The number of rotatable bonds is 12. The number of hydrogen-bond acceptors (Lipinski definition) is 8. The standard InChI is InChI=1S/C14H25NO9P2/c1-4-21-23-25(17,18)14(26(19,20)24-22-5-2)15(12(3)16)11-13-9-7-6-8-10-13/h6-10,12,14,16H,4-5,11H2,1-3H3,(H,17,18)(H,19,20). The Bertz CT molecular complexity index is 600. The maximum Gasteiger partial charge on any atom is 0.384 e. The third kappa shape index (κ3) is 6.83. The van der Waals surface area contributed by atoms with E-state index in [-0.39, 0.29) is 19.8 Å². The molecule has 0 bridgehead atoms. The molecular formula is C14H25NO9P2. The fourth-order valence-electron chi connectivity index (χ4n) is 2.09. The molecule has 1 aromatic rings. The fourth-order valence-corrected chi connectivity index (χ4v) is 5.77. The molecule has 0 saturated heterocycles. The van der Waals surface area contributed by atoms with Crippen LogP contribution in [0.15, 0.2) is 30.3 Å². The van der Waals surface area contributed by atoms with Crippen LogP contribution in [0.25, 0.3) is 0 Å². The van der Waals surface area contributed by atoms with E-state index >= 15 is 0 Å². The maximum atomic E-state index is 12.6. The third-order valence-corrected chi connectivity index (χ3v) is 7.27. The second kappa shape index (κ2) is 10.6. The highest BCUT2D eigenvalue weighted by Gasteiger charge is 2.54. The molecule has 3 unspecified atom stereocenters. The SMILES string of the molecule is CCOOP(=O)(O)C(N(Cc1ccccc1)C(C)O)P(=O)(O)OOCC. The van der Waals surface area contributed by atoms with Crippen molar-refractivity contribution in [2.24, 2.45) is 0 Å². The minimum atomic E-state index is -4.90. The molecule has 150 valence electrons. The number of nitrogens with zero attached hydrogens (tertiary/aromatic N) is 1. The van der Waals surface area contributed by atoms with E-state index in [1.54, 1.807) is 30.3 Å². The zero-order valence-corrected chi connectivity index (χ0v) is 16.6. The van der Waals surface area contributed by atoms with Gasteiger partial charge in [0.2, 0.25) is 5.52 Å². The van der Waals surface area contributed by atoms with E-state index in [2.05, 4.69) is 19.1 Å². The Labute approximate surface area is 152 Å². The molecule has 1 rings (SSSR count). The summed E-state index contributed by atoms with van der Waals surface area (Å²) in [5.41, 5.74) is -1.53. The molecule has 0 amide bonds. The van der Waals surface area contributed by atoms with Crippen molar-refractivity contribution in [2.45, 2.75) is 39.1 Å². The van der Waals surface area contributed by atoms with Gasteiger partial charge in [-0.05, 0) is 26.3 Å². The fraction of sp³-hybridized carbons (Fsp3) is 0.571. The van der Waals surface area contributed by atoms with E-state index in [0.717, 1.165) is 4.90 Å². The van der Waals surface area contributed by atoms with Crippen LogP contribution in [0.4, 0.5) is 0 Å². The minimum Gasteiger partial charge on any atom is -0.379 e. The number of benzene rings is 1. The highest BCUT2D eigenvalue weighted by molar-refractivity contribution is 7.71. The van der Waals surface area contributed by atoms with Crippen LogP contribution in [-0.4, -0.2) is 44.8 Å². The smallest absolute Gasteiger partial charge is 0.379 e. The maximum absolute atomic E-state index is 12.6. The first-order valence-corrected chi connectivity index (χ1v) is 11.2. The monoisotopic (exact) mass is 413 g/mol. The topological polar surface area (TPSA) is 135 Å². The summed E-state index contributed by atoms with van der Waals surface area (Å²) < 4.78 is 34.1. The predicted molar refractivity (Wildman–Crippen MR) is 92.5 cm³/mol. The van der Waals surface area contributed by atoms with Crippen molar-refractivity contribution in [3.63, 3.8) is 0 Å². The number of hydrogen-bond donors (Lipinski definition) is 3. The first-order chi connectivity index (χ1) is 12.2. The predicted octanol–water partition coefficient (Wildman–Crippen LogP) is 2.42. The van der Waals surface area contributed by atoms with E-state index in [1.165, 1.54) is 20.8 Å². The van der Waals surface area contributed by atoms with Crippen LogP contribution in [-0.2, 0) is 34.8 Å². The van der Waals surface area contributed by atoms with Gasteiger partial charge in [0.05, 0.1) is 13.2 Å². The van der Waals surface area contributed by atoms with Gasteiger partial charge in [-0.2, -0.15) is 0 Å². The molecule has 3 atom stereocenters. The average Bonchev–Trinajstić information content (AvgIpc) is 2.58. The van der Waals surface area contributed by atoms with Gasteiger partial charge in [-0.15, -0.1) is 9.35 Å². The van der Waals surface area contributed by atoms with Crippen molar-refractivity contribution >= 4 is 15.2 Å². The van der Waals surface area contributed by atoms with Gasteiger partial charge in [0.15, 0.2) is 0 Å². The Morgan fingerprint density at radius 2 is 1.46 bits per heavy atom. The van der Waals surface area contributed by atoms with Gasteiger partial charge in [0.25, 0.3) is 0 Å². The van der Waals surface area contributed by atoms with Crippen molar-refractivity contribution in [3.8, 4) is 0 Å². The van der Waals surface area contributed by atoms with E-state index in [0.29, 0.717) is 5.56 Å². The Kier molecular flexibility index (Phi) is 9.57. The molecule has 1 aromatic carbocycles. The van der Waals surface area contributed by atoms with Crippen molar-refractivity contribution < 1.29 is 43.1 Å². The van der Waals surface area contributed by atoms with Gasteiger partial charge in [-0.25, -0.2) is 14.7 Å². The summed E-state index contributed by atoms with van der Waals surface area (Å²) in [5.74, 6) is 0. The molecule has 0 fully saturated rings. The van der Waals surface area contributed by atoms with E-state index in [1.807, 2.05) is 0 Å². The van der Waals surface area contributed by atoms with Gasteiger partial charge in [-0.1, -0.05) is 30.3 Å². The van der Waals surface area contributed by atoms with Gasteiger partial charge < -0.3 is 14.9 Å². The lowest BCUT2D eigenvalue weighted by atomic mass is 10.2. The van der Waals surface area contributed by atoms with Crippen LogP contribution in [0.5, 0.6) is 0 Å². The first-order valence-electron chi connectivity index (χ1n) is 7.90. The summed E-state index contributed by atoms with van der Waals surface area (Å²) in [6.07, 6.45) is -1.39. The van der Waals surface area contributed by atoms with Crippen LogP contribution in [0.2, 0.25) is 0 Å². The van der Waals surface area contributed by atoms with Crippen molar-refractivity contribution in [3.05, 3.63) is 35.9 Å². The molecule has 0 heterocycles. The zero-order valence-electron chi connectivity index (χ0n) is 14.8. The lowest BCUT2D eigenvalue weighted by molar-refractivity contribution is -0.218. The Hall–Kier alpha value is -0.640. The van der Waals surface area contributed by atoms with Gasteiger partial charge in [0.1, 0.15) is 6.23 Å². The average molecular weight is 413 g/mol. The first kappa shape index (κ1) is 23.4. The Morgan fingerprint density at radius 3 is 1.85 bits per heavy atom. The molecule has 10 nitrogen and oxygen atoms in total. The summed E-state index contributed by atoms with van der Waals surface area (Å²) in [5, 5.41) is 10.1.